The van der Waals surface area contributed by atoms with Gasteiger partial charge in [-0.1, -0.05) is 54.5 Å². The molecule has 0 aliphatic rings. The van der Waals surface area contributed by atoms with Crippen molar-refractivity contribution >= 4 is 16.9 Å². The van der Waals surface area contributed by atoms with Crippen LogP contribution in [0.25, 0.3) is 16.6 Å². The standard InChI is InChI=1S/C28H39FN4O/c1-19(2)14-24(28(6,7)18-31-26(34)30-17-27(3,4)5)20-8-13-25-21(15-20)16-32-33(25)23-11-9-22(29)10-12-23/h8-13,15-16,19,24H,14,17-18H2,1-7H3,(H2,30,31,34). The molecule has 3 aromatic rings. The highest BCUT2D eigenvalue weighted by molar-refractivity contribution is 5.81. The number of amides is 2. The summed E-state index contributed by atoms with van der Waals surface area (Å²) in [4.78, 5) is 12.4. The summed E-state index contributed by atoms with van der Waals surface area (Å²) in [5.41, 5.74) is 2.94. The van der Waals surface area contributed by atoms with Crippen molar-refractivity contribution in [2.75, 3.05) is 13.1 Å². The van der Waals surface area contributed by atoms with Crippen molar-refractivity contribution in [3.8, 4) is 5.69 Å². The van der Waals surface area contributed by atoms with Gasteiger partial charge in [-0.25, -0.2) is 13.9 Å². The van der Waals surface area contributed by atoms with Crippen LogP contribution in [-0.2, 0) is 0 Å². The summed E-state index contributed by atoms with van der Waals surface area (Å²) in [7, 11) is 0. The third-order valence-corrected chi connectivity index (χ3v) is 6.20. The number of nitrogens with one attached hydrogen (secondary N) is 2. The van der Waals surface area contributed by atoms with Crippen molar-refractivity contribution in [3.05, 3.63) is 60.0 Å². The molecule has 6 heteroatoms. The summed E-state index contributed by atoms with van der Waals surface area (Å²) in [6.45, 7) is 16.4. The lowest BCUT2D eigenvalue weighted by Gasteiger charge is -2.36. The fraction of sp³-hybridized carbons (Fsp3) is 0.500. The monoisotopic (exact) mass is 466 g/mol. The number of rotatable bonds is 8. The Morgan fingerprint density at radius 1 is 1.00 bits per heavy atom. The van der Waals surface area contributed by atoms with E-state index < -0.39 is 0 Å². The Kier molecular flexibility index (Phi) is 7.69. The molecule has 1 heterocycles. The SMILES string of the molecule is CC(C)CC(c1ccc2c(cnn2-c2ccc(F)cc2)c1)C(C)(C)CNC(=O)NCC(C)(C)C. The summed E-state index contributed by atoms with van der Waals surface area (Å²) in [5, 5.41) is 11.7. The number of hydrogen-bond acceptors (Lipinski definition) is 2. The van der Waals surface area contributed by atoms with Crippen LogP contribution in [0, 0.1) is 22.6 Å². The average Bonchev–Trinajstić information content (AvgIpc) is 3.18. The number of aromatic nitrogens is 2. The second-order valence-electron chi connectivity index (χ2n) is 11.6. The Morgan fingerprint density at radius 2 is 1.65 bits per heavy atom. The Labute approximate surface area is 203 Å². The molecule has 0 fully saturated rings. The van der Waals surface area contributed by atoms with Crippen LogP contribution in [0.3, 0.4) is 0 Å². The molecule has 1 aromatic heterocycles. The summed E-state index contributed by atoms with van der Waals surface area (Å²) in [6.07, 6.45) is 2.87. The fourth-order valence-corrected chi connectivity index (χ4v) is 4.27. The molecule has 0 aliphatic carbocycles. The topological polar surface area (TPSA) is 59.0 Å². The zero-order chi connectivity index (χ0) is 25.1. The van der Waals surface area contributed by atoms with E-state index >= 15 is 0 Å². The van der Waals surface area contributed by atoms with E-state index in [0.29, 0.717) is 19.0 Å². The van der Waals surface area contributed by atoms with Crippen LogP contribution >= 0.6 is 0 Å². The zero-order valence-electron chi connectivity index (χ0n) is 21.6. The van der Waals surface area contributed by atoms with E-state index in [1.807, 2.05) is 10.9 Å². The number of halogens is 1. The van der Waals surface area contributed by atoms with Crippen molar-refractivity contribution in [3.63, 3.8) is 0 Å². The van der Waals surface area contributed by atoms with Gasteiger partial charge in [0.25, 0.3) is 0 Å². The molecule has 2 aromatic carbocycles. The van der Waals surface area contributed by atoms with Gasteiger partial charge in [-0.2, -0.15) is 5.10 Å². The van der Waals surface area contributed by atoms with Crippen LogP contribution in [0.15, 0.2) is 48.7 Å². The Hall–Kier alpha value is -2.89. The molecule has 2 N–H and O–H groups in total. The Bertz CT molecular complexity index is 1110. The minimum Gasteiger partial charge on any atom is -0.338 e. The summed E-state index contributed by atoms with van der Waals surface area (Å²) in [6, 6.07) is 12.7. The number of carbonyl (C=O) groups is 1. The highest BCUT2D eigenvalue weighted by Gasteiger charge is 2.32. The number of nitrogens with zero attached hydrogens (tertiary/aromatic N) is 2. The Morgan fingerprint density at radius 3 is 2.26 bits per heavy atom. The molecule has 184 valence electrons. The first-order valence-corrected chi connectivity index (χ1v) is 12.1. The number of hydrogen-bond donors (Lipinski definition) is 2. The summed E-state index contributed by atoms with van der Waals surface area (Å²) in [5.74, 6) is 0.507. The molecule has 0 saturated heterocycles. The van der Waals surface area contributed by atoms with Crippen LogP contribution in [0.2, 0.25) is 0 Å². The first-order valence-electron chi connectivity index (χ1n) is 12.1. The molecule has 3 rings (SSSR count). The second kappa shape index (κ2) is 10.2. The van der Waals surface area contributed by atoms with Gasteiger partial charge in [0.2, 0.25) is 0 Å². The predicted molar refractivity (Wildman–Crippen MR) is 138 cm³/mol. The van der Waals surface area contributed by atoms with Crippen molar-refractivity contribution in [2.24, 2.45) is 16.7 Å². The number of carbonyl (C=O) groups excluding carboxylic acids is 1. The average molecular weight is 467 g/mol. The third kappa shape index (κ3) is 6.58. The van der Waals surface area contributed by atoms with Gasteiger partial charge in [0.05, 0.1) is 17.4 Å². The lowest BCUT2D eigenvalue weighted by molar-refractivity contribution is 0.214. The molecular formula is C28H39FN4O. The van der Waals surface area contributed by atoms with Crippen LogP contribution in [-0.4, -0.2) is 28.9 Å². The number of urea groups is 1. The lowest BCUT2D eigenvalue weighted by atomic mass is 9.71. The molecule has 0 radical (unpaired) electrons. The molecule has 34 heavy (non-hydrogen) atoms. The molecule has 5 nitrogen and oxygen atoms in total. The van der Waals surface area contributed by atoms with Crippen molar-refractivity contribution < 1.29 is 9.18 Å². The highest BCUT2D eigenvalue weighted by atomic mass is 19.1. The van der Waals surface area contributed by atoms with Gasteiger partial charge in [-0.15, -0.1) is 0 Å². The maximum atomic E-state index is 13.3. The lowest BCUT2D eigenvalue weighted by Crippen LogP contribution is -2.45. The van der Waals surface area contributed by atoms with Gasteiger partial charge in [0.1, 0.15) is 5.82 Å². The van der Waals surface area contributed by atoms with Gasteiger partial charge >= 0.3 is 6.03 Å². The highest BCUT2D eigenvalue weighted by Crippen LogP contribution is 2.41. The van der Waals surface area contributed by atoms with E-state index in [0.717, 1.165) is 23.0 Å². The molecule has 0 saturated carbocycles. The Balaban J connectivity index is 1.83. The van der Waals surface area contributed by atoms with Gasteiger partial charge in [0, 0.05) is 18.5 Å². The zero-order valence-corrected chi connectivity index (χ0v) is 21.6. The molecule has 2 amide bonds. The second-order valence-corrected chi connectivity index (χ2v) is 11.6. The van der Waals surface area contributed by atoms with E-state index in [1.165, 1.54) is 17.7 Å². The quantitative estimate of drug-likeness (QED) is 0.390. The predicted octanol–water partition coefficient (Wildman–Crippen LogP) is 6.67. The van der Waals surface area contributed by atoms with E-state index in [9.17, 15) is 9.18 Å². The normalized spacial score (nSPS) is 13.3. The largest absolute Gasteiger partial charge is 0.338 e. The first kappa shape index (κ1) is 25.7. The van der Waals surface area contributed by atoms with Gasteiger partial charge in [-0.05, 0) is 71.0 Å². The summed E-state index contributed by atoms with van der Waals surface area (Å²) < 4.78 is 15.2. The van der Waals surface area contributed by atoms with Gasteiger partial charge < -0.3 is 10.6 Å². The molecule has 0 spiro atoms. The van der Waals surface area contributed by atoms with Crippen molar-refractivity contribution in [2.45, 2.75) is 60.8 Å². The number of fused-ring (bicyclic) bond motifs is 1. The molecule has 1 unspecified atom stereocenters. The maximum Gasteiger partial charge on any atom is 0.314 e. The van der Waals surface area contributed by atoms with Gasteiger partial charge in [-0.3, -0.25) is 0 Å². The maximum absolute atomic E-state index is 13.3. The van der Waals surface area contributed by atoms with Crippen LogP contribution < -0.4 is 10.6 Å². The minimum absolute atomic E-state index is 0.0425. The fourth-order valence-electron chi connectivity index (χ4n) is 4.27. The van der Waals surface area contributed by atoms with Crippen LogP contribution in [0.4, 0.5) is 9.18 Å². The van der Waals surface area contributed by atoms with Crippen molar-refractivity contribution in [1.82, 2.24) is 20.4 Å². The number of benzene rings is 2. The van der Waals surface area contributed by atoms with E-state index in [4.69, 9.17) is 0 Å². The van der Waals surface area contributed by atoms with Gasteiger partial charge in [0.15, 0.2) is 0 Å². The third-order valence-electron chi connectivity index (χ3n) is 6.20. The molecule has 1 atom stereocenters. The van der Waals surface area contributed by atoms with Crippen molar-refractivity contribution in [1.29, 1.82) is 0 Å². The molecular weight excluding hydrogens is 427 g/mol. The molecule has 0 aliphatic heterocycles. The van der Waals surface area contributed by atoms with Crippen LogP contribution in [0.1, 0.15) is 66.4 Å². The van der Waals surface area contributed by atoms with E-state index in [2.05, 4.69) is 82.4 Å². The van der Waals surface area contributed by atoms with E-state index in [-0.39, 0.29) is 28.6 Å². The molecule has 0 bridgehead atoms. The minimum atomic E-state index is -0.262. The first-order chi connectivity index (χ1) is 15.9. The van der Waals surface area contributed by atoms with Crippen LogP contribution in [0.5, 0.6) is 0 Å². The summed E-state index contributed by atoms with van der Waals surface area (Å²) >= 11 is 0. The van der Waals surface area contributed by atoms with E-state index in [1.54, 1.807) is 12.1 Å². The smallest absolute Gasteiger partial charge is 0.314 e.